The van der Waals surface area contributed by atoms with Gasteiger partial charge in [0.05, 0.1) is 22.0 Å². The van der Waals surface area contributed by atoms with Gasteiger partial charge in [-0.25, -0.2) is 12.4 Å². The molecule has 0 aliphatic heterocycles. The van der Waals surface area contributed by atoms with Crippen LogP contribution in [-0.4, -0.2) is 32.6 Å². The number of nitrogens with zero attached hydrogens (tertiary/aromatic N) is 4. The number of H-pyrrole nitrogens is 1. The molecule has 31 heavy (non-hydrogen) atoms. The number of anilines is 2. The molecule has 5 rings (SSSR count). The smallest absolute Gasteiger partial charge is 0.269 e. The van der Waals surface area contributed by atoms with E-state index in [9.17, 15) is 8.42 Å². The lowest BCUT2D eigenvalue weighted by atomic mass is 10.2. The molecule has 0 bridgehead atoms. The molecule has 156 valence electrons. The molecule has 0 unspecified atom stereocenters. The van der Waals surface area contributed by atoms with E-state index in [0.717, 1.165) is 26.1 Å². The van der Waals surface area contributed by atoms with Gasteiger partial charge in [-0.15, -0.1) is 0 Å². The Labute approximate surface area is 183 Å². The largest absolute Gasteiger partial charge is 0.339 e. The second-order valence-electron chi connectivity index (χ2n) is 7.26. The van der Waals surface area contributed by atoms with Gasteiger partial charge in [0.25, 0.3) is 10.0 Å². The van der Waals surface area contributed by atoms with Crippen molar-refractivity contribution in [3.05, 3.63) is 71.3 Å². The van der Waals surface area contributed by atoms with Crippen LogP contribution in [0.5, 0.6) is 0 Å². The summed E-state index contributed by atoms with van der Waals surface area (Å²) in [6, 6.07) is 12.4. The van der Waals surface area contributed by atoms with Gasteiger partial charge in [-0.3, -0.25) is 5.10 Å². The molecule has 0 saturated heterocycles. The Morgan fingerprint density at radius 2 is 1.84 bits per heavy atom. The number of hydrogen-bond donors (Lipinski definition) is 2. The van der Waals surface area contributed by atoms with Crippen LogP contribution in [0.2, 0.25) is 5.28 Å². The summed E-state index contributed by atoms with van der Waals surface area (Å²) in [6.07, 6.45) is 3.27. The maximum absolute atomic E-state index is 13.3. The monoisotopic (exact) mass is 452 g/mol. The average molecular weight is 453 g/mol. The summed E-state index contributed by atoms with van der Waals surface area (Å²) in [4.78, 5) is 8.72. The van der Waals surface area contributed by atoms with Gasteiger partial charge >= 0.3 is 0 Å². The normalized spacial score (nSPS) is 12.0. The number of rotatable bonds is 4. The Hall–Kier alpha value is -3.43. The van der Waals surface area contributed by atoms with Crippen LogP contribution in [0.1, 0.15) is 11.1 Å². The number of aromatic amines is 1. The van der Waals surface area contributed by atoms with Crippen molar-refractivity contribution in [2.45, 2.75) is 18.7 Å². The summed E-state index contributed by atoms with van der Waals surface area (Å²) in [5.74, 6) is 0.421. The van der Waals surface area contributed by atoms with E-state index < -0.39 is 10.0 Å². The molecule has 3 heterocycles. The van der Waals surface area contributed by atoms with Crippen molar-refractivity contribution in [3.8, 4) is 0 Å². The molecule has 2 N–H and O–H groups in total. The molecule has 8 nitrogen and oxygen atoms in total. The minimum atomic E-state index is -3.86. The van der Waals surface area contributed by atoms with Gasteiger partial charge in [0.1, 0.15) is 5.82 Å². The van der Waals surface area contributed by atoms with Gasteiger partial charge in [-0.1, -0.05) is 17.7 Å². The maximum atomic E-state index is 13.3. The fraction of sp³-hybridized carbons (Fsp3) is 0.0952. The number of aromatic nitrogens is 5. The third-order valence-corrected chi connectivity index (χ3v) is 6.89. The Balaban J connectivity index is 1.66. The van der Waals surface area contributed by atoms with Crippen LogP contribution in [0.4, 0.5) is 11.5 Å². The van der Waals surface area contributed by atoms with Crippen LogP contribution >= 0.6 is 11.6 Å². The molecule has 5 aromatic rings. The molecule has 0 saturated carbocycles. The second-order valence-corrected chi connectivity index (χ2v) is 9.42. The van der Waals surface area contributed by atoms with Gasteiger partial charge in [0, 0.05) is 17.3 Å². The number of nitrogens with one attached hydrogen (secondary N) is 2. The van der Waals surface area contributed by atoms with E-state index in [1.165, 1.54) is 6.20 Å². The van der Waals surface area contributed by atoms with Gasteiger partial charge in [0.15, 0.2) is 5.65 Å². The lowest BCUT2D eigenvalue weighted by molar-refractivity contribution is 0.588. The summed E-state index contributed by atoms with van der Waals surface area (Å²) in [6.45, 7) is 3.71. The summed E-state index contributed by atoms with van der Waals surface area (Å²) >= 11 is 6.18. The van der Waals surface area contributed by atoms with Crippen molar-refractivity contribution in [2.24, 2.45) is 0 Å². The molecule has 0 spiro atoms. The topological polar surface area (TPSA) is 106 Å². The van der Waals surface area contributed by atoms with Crippen LogP contribution in [-0.2, 0) is 10.0 Å². The van der Waals surface area contributed by atoms with Crippen molar-refractivity contribution in [1.82, 2.24) is 24.1 Å². The van der Waals surface area contributed by atoms with Gasteiger partial charge in [0.2, 0.25) is 5.28 Å². The van der Waals surface area contributed by atoms with E-state index >= 15 is 0 Å². The van der Waals surface area contributed by atoms with Crippen molar-refractivity contribution < 1.29 is 8.42 Å². The molecule has 10 heteroatoms. The molecule has 0 fully saturated rings. The first-order valence-corrected chi connectivity index (χ1v) is 11.2. The first-order valence-electron chi connectivity index (χ1n) is 9.40. The zero-order chi connectivity index (χ0) is 21.8. The second kappa shape index (κ2) is 7.07. The average Bonchev–Trinajstić information content (AvgIpc) is 3.32. The quantitative estimate of drug-likeness (QED) is 0.387. The number of halogens is 1. The third-order valence-electron chi connectivity index (χ3n) is 5.06. The molecule has 0 aliphatic rings. The molecule has 0 aliphatic carbocycles. The van der Waals surface area contributed by atoms with Crippen molar-refractivity contribution in [1.29, 1.82) is 0 Å². The van der Waals surface area contributed by atoms with Gasteiger partial charge in [-0.05, 0) is 61.3 Å². The highest BCUT2D eigenvalue weighted by molar-refractivity contribution is 7.90. The first-order chi connectivity index (χ1) is 14.8. The molecule has 3 aromatic heterocycles. The van der Waals surface area contributed by atoms with Crippen molar-refractivity contribution in [2.75, 3.05) is 5.32 Å². The Kier molecular flexibility index (Phi) is 4.45. The molecule has 2 aromatic carbocycles. The Morgan fingerprint density at radius 3 is 2.61 bits per heavy atom. The fourth-order valence-electron chi connectivity index (χ4n) is 3.50. The van der Waals surface area contributed by atoms with E-state index in [-0.39, 0.29) is 15.8 Å². The number of aryl methyl sites for hydroxylation is 2. The van der Waals surface area contributed by atoms with E-state index in [1.54, 1.807) is 30.5 Å². The standard InChI is InChI=1S/C21H17ClN6O2S/c1-12-3-7-16(8-4-12)31(29,30)28-11-13(2)18-19(25-21(22)26-20(18)28)24-15-6-5-14-10-23-27-17(14)9-15/h3-11H,1-2H3,(H,23,27)(H,24,25,26). The van der Waals surface area contributed by atoms with E-state index in [2.05, 4.69) is 25.5 Å². The number of fused-ring (bicyclic) bond motifs is 2. The first kappa shape index (κ1) is 19.5. The molecule has 0 radical (unpaired) electrons. The molecule has 0 atom stereocenters. The van der Waals surface area contributed by atoms with Crippen LogP contribution < -0.4 is 5.32 Å². The van der Waals surface area contributed by atoms with Gasteiger partial charge in [-0.2, -0.15) is 15.1 Å². The predicted molar refractivity (Wildman–Crippen MR) is 120 cm³/mol. The van der Waals surface area contributed by atoms with Crippen molar-refractivity contribution >= 4 is 55.1 Å². The van der Waals surface area contributed by atoms with Gasteiger partial charge < -0.3 is 5.32 Å². The van der Waals surface area contributed by atoms with Crippen LogP contribution in [0.3, 0.4) is 0 Å². The van der Waals surface area contributed by atoms with E-state index in [4.69, 9.17) is 11.6 Å². The number of hydrogen-bond acceptors (Lipinski definition) is 6. The summed E-state index contributed by atoms with van der Waals surface area (Å²) < 4.78 is 27.7. The lowest BCUT2D eigenvalue weighted by Gasteiger charge is -2.10. The predicted octanol–water partition coefficient (Wildman–Crippen LogP) is 4.56. The van der Waals surface area contributed by atoms with E-state index in [0.29, 0.717) is 16.8 Å². The zero-order valence-corrected chi connectivity index (χ0v) is 18.2. The summed E-state index contributed by atoms with van der Waals surface area (Å²) in [5, 5.41) is 11.7. The SMILES string of the molecule is Cc1ccc(S(=O)(=O)n2cc(C)c3c(Nc4ccc5cn[nH]c5c4)nc(Cl)nc32)cc1. The Morgan fingerprint density at radius 1 is 1.06 bits per heavy atom. The third kappa shape index (κ3) is 3.31. The molecular weight excluding hydrogens is 436 g/mol. The Bertz CT molecular complexity index is 1550. The summed E-state index contributed by atoms with van der Waals surface area (Å²) in [7, 11) is -3.86. The van der Waals surface area contributed by atoms with Crippen molar-refractivity contribution in [3.63, 3.8) is 0 Å². The minimum absolute atomic E-state index is 0.0592. The highest BCUT2D eigenvalue weighted by Crippen LogP contribution is 2.32. The minimum Gasteiger partial charge on any atom is -0.339 e. The zero-order valence-electron chi connectivity index (χ0n) is 16.6. The van der Waals surface area contributed by atoms with E-state index in [1.807, 2.05) is 32.0 Å². The maximum Gasteiger partial charge on any atom is 0.269 e. The molecule has 0 amide bonds. The fourth-order valence-corrected chi connectivity index (χ4v) is 5.02. The number of benzene rings is 2. The lowest BCUT2D eigenvalue weighted by Crippen LogP contribution is -2.13. The van der Waals surface area contributed by atoms with Crippen LogP contribution in [0.15, 0.2) is 59.8 Å². The highest BCUT2D eigenvalue weighted by atomic mass is 35.5. The molecular formula is C21H17ClN6O2S. The van der Waals surface area contributed by atoms with Crippen LogP contribution in [0.25, 0.3) is 21.9 Å². The highest BCUT2D eigenvalue weighted by Gasteiger charge is 2.24. The summed E-state index contributed by atoms with van der Waals surface area (Å²) in [5.41, 5.74) is 3.49. The van der Waals surface area contributed by atoms with Crippen LogP contribution in [0, 0.1) is 13.8 Å².